The number of carbonyl (C=O) groups is 2. The second-order valence-corrected chi connectivity index (χ2v) is 6.91. The van der Waals surface area contributed by atoms with Gasteiger partial charge < -0.3 is 14.7 Å². The molecule has 1 aromatic carbocycles. The third-order valence-corrected chi connectivity index (χ3v) is 5.04. The summed E-state index contributed by atoms with van der Waals surface area (Å²) < 4.78 is 20.3. The fourth-order valence-electron chi connectivity index (χ4n) is 3.49. The summed E-state index contributed by atoms with van der Waals surface area (Å²) in [5, 5.41) is 13.4. The van der Waals surface area contributed by atoms with E-state index in [4.69, 9.17) is 9.84 Å². The summed E-state index contributed by atoms with van der Waals surface area (Å²) in [5.41, 5.74) is 0.864. The highest BCUT2D eigenvalue weighted by Crippen LogP contribution is 2.25. The quantitative estimate of drug-likeness (QED) is 0.736. The van der Waals surface area contributed by atoms with Crippen LogP contribution in [-0.4, -0.2) is 51.4 Å². The highest BCUT2D eigenvalue weighted by atomic mass is 19.1. The second kappa shape index (κ2) is 8.86. The van der Waals surface area contributed by atoms with Gasteiger partial charge in [-0.05, 0) is 38.3 Å². The molecule has 1 aliphatic heterocycles. The number of piperidine rings is 1. The molecule has 1 fully saturated rings. The molecule has 1 N–H and O–H groups in total. The number of hydrogen-bond donors (Lipinski definition) is 1. The molecule has 150 valence electrons. The summed E-state index contributed by atoms with van der Waals surface area (Å²) in [6.07, 6.45) is 3.81. The van der Waals surface area contributed by atoms with Crippen molar-refractivity contribution >= 4 is 11.9 Å². The number of likely N-dealkylation sites (tertiary alicyclic amines) is 1. The number of nitrogens with zero attached hydrogens (tertiary/aromatic N) is 3. The Balaban J connectivity index is 1.42. The second-order valence-electron chi connectivity index (χ2n) is 6.91. The van der Waals surface area contributed by atoms with Crippen molar-refractivity contribution in [1.82, 2.24) is 14.7 Å². The molecule has 8 heteroatoms. The van der Waals surface area contributed by atoms with Gasteiger partial charge in [-0.25, -0.2) is 9.18 Å². The molecule has 7 nitrogen and oxygen atoms in total. The first kappa shape index (κ1) is 19.9. The van der Waals surface area contributed by atoms with Crippen molar-refractivity contribution in [3.8, 4) is 5.75 Å². The monoisotopic (exact) mass is 389 g/mol. The molecule has 0 aliphatic carbocycles. The molecular formula is C20H24FN3O4. The van der Waals surface area contributed by atoms with Crippen molar-refractivity contribution in [2.24, 2.45) is 0 Å². The summed E-state index contributed by atoms with van der Waals surface area (Å²) >= 11 is 0. The molecule has 0 radical (unpaired) electrons. The topological polar surface area (TPSA) is 84.7 Å². The standard InChI is InChI=1S/C20H24FN3O4/c1-14-18(20(26)27)13-22-24(14)16-7-9-23(10-8-16)19(25)6-3-11-28-17-5-2-4-15(21)12-17/h2,4-5,12-13,16H,3,6-11H2,1H3,(H,26,27). The maximum atomic E-state index is 13.1. The Labute approximate surface area is 162 Å². The molecule has 0 bridgehead atoms. The molecule has 1 aromatic heterocycles. The zero-order valence-corrected chi connectivity index (χ0v) is 15.8. The molecule has 0 atom stereocenters. The van der Waals surface area contributed by atoms with Gasteiger partial charge in [0.05, 0.1) is 24.5 Å². The number of benzene rings is 1. The van der Waals surface area contributed by atoms with Gasteiger partial charge in [0.25, 0.3) is 0 Å². The zero-order valence-electron chi connectivity index (χ0n) is 15.8. The number of carboxylic acids is 1. The average molecular weight is 389 g/mol. The lowest BCUT2D eigenvalue weighted by Crippen LogP contribution is -2.39. The number of rotatable bonds is 7. The van der Waals surface area contributed by atoms with Crippen LogP contribution in [0.1, 0.15) is 47.8 Å². The van der Waals surface area contributed by atoms with Crippen molar-refractivity contribution in [1.29, 1.82) is 0 Å². The SMILES string of the molecule is Cc1c(C(=O)O)cnn1C1CCN(C(=O)CCCOc2cccc(F)c2)CC1. The zero-order chi connectivity index (χ0) is 20.1. The van der Waals surface area contributed by atoms with E-state index in [-0.39, 0.29) is 23.3 Å². The van der Waals surface area contributed by atoms with E-state index in [2.05, 4.69) is 5.10 Å². The molecule has 0 unspecified atom stereocenters. The van der Waals surface area contributed by atoms with Crippen molar-refractivity contribution in [3.05, 3.63) is 47.5 Å². The fourth-order valence-corrected chi connectivity index (χ4v) is 3.49. The molecule has 2 aromatic rings. The van der Waals surface area contributed by atoms with Crippen LogP contribution >= 0.6 is 0 Å². The summed E-state index contributed by atoms with van der Waals surface area (Å²) in [6, 6.07) is 6.05. The van der Waals surface area contributed by atoms with Gasteiger partial charge in [0.2, 0.25) is 5.91 Å². The van der Waals surface area contributed by atoms with Gasteiger partial charge in [-0.1, -0.05) is 6.07 Å². The van der Waals surface area contributed by atoms with E-state index in [0.717, 1.165) is 12.8 Å². The first-order chi connectivity index (χ1) is 13.5. The van der Waals surface area contributed by atoms with Gasteiger partial charge in [-0.3, -0.25) is 9.48 Å². The van der Waals surface area contributed by atoms with Crippen LogP contribution in [0, 0.1) is 12.7 Å². The van der Waals surface area contributed by atoms with E-state index in [0.29, 0.717) is 44.0 Å². The lowest BCUT2D eigenvalue weighted by Gasteiger charge is -2.32. The molecule has 2 heterocycles. The van der Waals surface area contributed by atoms with Crippen LogP contribution < -0.4 is 4.74 Å². The van der Waals surface area contributed by atoms with Gasteiger partial charge in [0, 0.05) is 25.6 Å². The third kappa shape index (κ3) is 4.68. The van der Waals surface area contributed by atoms with E-state index in [1.54, 1.807) is 23.7 Å². The normalized spacial score (nSPS) is 14.9. The van der Waals surface area contributed by atoms with Crippen LogP contribution in [0.15, 0.2) is 30.5 Å². The van der Waals surface area contributed by atoms with Gasteiger partial charge >= 0.3 is 5.97 Å². The Bertz CT molecular complexity index is 844. The number of ether oxygens (including phenoxy) is 1. The fraction of sp³-hybridized carbons (Fsp3) is 0.450. The molecular weight excluding hydrogens is 365 g/mol. The molecule has 1 aliphatic rings. The summed E-state index contributed by atoms with van der Waals surface area (Å²) in [7, 11) is 0. The van der Waals surface area contributed by atoms with Crippen LogP contribution in [0.3, 0.4) is 0 Å². The molecule has 0 saturated carbocycles. The predicted octanol–water partition coefficient (Wildman–Crippen LogP) is 3.05. The van der Waals surface area contributed by atoms with E-state index in [9.17, 15) is 14.0 Å². The summed E-state index contributed by atoms with van der Waals surface area (Å²) in [6.45, 7) is 3.36. The van der Waals surface area contributed by atoms with Gasteiger partial charge in [-0.2, -0.15) is 5.10 Å². The highest BCUT2D eigenvalue weighted by molar-refractivity contribution is 5.88. The van der Waals surface area contributed by atoms with E-state index in [1.165, 1.54) is 18.3 Å². The first-order valence-electron chi connectivity index (χ1n) is 9.39. The molecule has 3 rings (SSSR count). The highest BCUT2D eigenvalue weighted by Gasteiger charge is 2.26. The first-order valence-corrected chi connectivity index (χ1v) is 9.39. The van der Waals surface area contributed by atoms with Gasteiger partial charge in [0.1, 0.15) is 17.1 Å². The smallest absolute Gasteiger partial charge is 0.339 e. The van der Waals surface area contributed by atoms with E-state index >= 15 is 0 Å². The molecule has 1 amide bonds. The van der Waals surface area contributed by atoms with Crippen molar-refractivity contribution in [2.75, 3.05) is 19.7 Å². The Morgan fingerprint density at radius 2 is 2.07 bits per heavy atom. The Morgan fingerprint density at radius 3 is 2.71 bits per heavy atom. The van der Waals surface area contributed by atoms with Crippen molar-refractivity contribution < 1.29 is 23.8 Å². The number of halogens is 1. The Hall–Kier alpha value is -2.90. The largest absolute Gasteiger partial charge is 0.493 e. The third-order valence-electron chi connectivity index (χ3n) is 5.04. The van der Waals surface area contributed by atoms with Gasteiger partial charge in [-0.15, -0.1) is 0 Å². The van der Waals surface area contributed by atoms with Crippen LogP contribution in [0.4, 0.5) is 4.39 Å². The number of hydrogen-bond acceptors (Lipinski definition) is 4. The molecule has 28 heavy (non-hydrogen) atoms. The van der Waals surface area contributed by atoms with Gasteiger partial charge in [0.15, 0.2) is 0 Å². The Morgan fingerprint density at radius 1 is 1.32 bits per heavy atom. The molecule has 0 spiro atoms. The van der Waals surface area contributed by atoms with Crippen molar-refractivity contribution in [2.45, 2.75) is 38.6 Å². The number of carbonyl (C=O) groups excluding carboxylic acids is 1. The van der Waals surface area contributed by atoms with E-state index < -0.39 is 5.97 Å². The average Bonchev–Trinajstić information content (AvgIpc) is 3.07. The van der Waals surface area contributed by atoms with Crippen LogP contribution in [0.25, 0.3) is 0 Å². The number of amides is 1. The lowest BCUT2D eigenvalue weighted by molar-refractivity contribution is -0.132. The van der Waals surface area contributed by atoms with E-state index in [1.807, 2.05) is 4.90 Å². The maximum Gasteiger partial charge on any atom is 0.339 e. The van der Waals surface area contributed by atoms with Crippen LogP contribution in [-0.2, 0) is 4.79 Å². The number of aromatic nitrogens is 2. The van der Waals surface area contributed by atoms with Crippen molar-refractivity contribution in [3.63, 3.8) is 0 Å². The summed E-state index contributed by atoms with van der Waals surface area (Å²) in [4.78, 5) is 25.4. The lowest BCUT2D eigenvalue weighted by atomic mass is 10.0. The minimum absolute atomic E-state index is 0.0738. The summed E-state index contributed by atoms with van der Waals surface area (Å²) in [5.74, 6) is -0.788. The Kier molecular flexibility index (Phi) is 6.28. The van der Waals surface area contributed by atoms with Crippen LogP contribution in [0.2, 0.25) is 0 Å². The number of aromatic carboxylic acids is 1. The predicted molar refractivity (Wildman–Crippen MR) is 99.9 cm³/mol. The minimum Gasteiger partial charge on any atom is -0.493 e. The molecule has 1 saturated heterocycles. The number of carboxylic acid groups (broad SMARTS) is 1. The maximum absolute atomic E-state index is 13.1. The minimum atomic E-state index is -0.975. The van der Waals surface area contributed by atoms with Crippen LogP contribution in [0.5, 0.6) is 5.75 Å².